The SMILES string of the molecule is O=C(c1cccnc1)N1CC(O)CC2(CCN(Cc3ccc(Cl)c(F)c3)CC2)C1. The Morgan fingerprint density at radius 3 is 2.79 bits per heavy atom. The molecule has 1 N–H and O–H groups in total. The largest absolute Gasteiger partial charge is 0.391 e. The molecule has 7 heteroatoms. The number of likely N-dealkylation sites (tertiary alicyclic amines) is 2. The Balaban J connectivity index is 1.40. The number of pyridine rings is 1. The first-order valence-electron chi connectivity index (χ1n) is 9.98. The maximum Gasteiger partial charge on any atom is 0.255 e. The highest BCUT2D eigenvalue weighted by atomic mass is 35.5. The highest BCUT2D eigenvalue weighted by Gasteiger charge is 2.42. The number of aromatic nitrogens is 1. The number of aliphatic hydroxyl groups excluding tert-OH is 1. The number of carbonyl (C=O) groups excluding carboxylic acids is 1. The normalized spacial score (nSPS) is 22.0. The molecular weight excluding hydrogens is 393 g/mol. The summed E-state index contributed by atoms with van der Waals surface area (Å²) in [6.45, 7) is 3.40. The van der Waals surface area contributed by atoms with Crippen molar-refractivity contribution in [3.63, 3.8) is 0 Å². The van der Waals surface area contributed by atoms with Crippen LogP contribution in [-0.4, -0.2) is 58.1 Å². The van der Waals surface area contributed by atoms with E-state index >= 15 is 0 Å². The topological polar surface area (TPSA) is 56.7 Å². The zero-order valence-corrected chi connectivity index (χ0v) is 17.0. The fraction of sp³-hybridized carbons (Fsp3) is 0.455. The number of nitrogens with zero attached hydrogens (tertiary/aromatic N) is 3. The molecule has 2 fully saturated rings. The number of aliphatic hydroxyl groups is 1. The molecule has 1 aromatic heterocycles. The van der Waals surface area contributed by atoms with Gasteiger partial charge in [0.15, 0.2) is 0 Å². The average Bonchev–Trinajstić information content (AvgIpc) is 2.72. The van der Waals surface area contributed by atoms with E-state index in [1.54, 1.807) is 35.5 Å². The van der Waals surface area contributed by atoms with Gasteiger partial charge in [0.1, 0.15) is 5.82 Å². The van der Waals surface area contributed by atoms with Crippen LogP contribution in [0.4, 0.5) is 4.39 Å². The van der Waals surface area contributed by atoms with Gasteiger partial charge in [-0.3, -0.25) is 14.7 Å². The highest BCUT2D eigenvalue weighted by molar-refractivity contribution is 6.30. The quantitative estimate of drug-likeness (QED) is 0.832. The van der Waals surface area contributed by atoms with Crippen molar-refractivity contribution in [1.29, 1.82) is 0 Å². The van der Waals surface area contributed by atoms with Crippen molar-refractivity contribution in [3.05, 3.63) is 64.7 Å². The molecule has 2 aliphatic heterocycles. The van der Waals surface area contributed by atoms with Gasteiger partial charge in [-0.2, -0.15) is 0 Å². The minimum absolute atomic E-state index is 0.0721. The molecule has 4 rings (SSSR count). The molecule has 0 radical (unpaired) electrons. The summed E-state index contributed by atoms with van der Waals surface area (Å²) in [7, 11) is 0. The second-order valence-electron chi connectivity index (χ2n) is 8.31. The molecule has 1 unspecified atom stereocenters. The van der Waals surface area contributed by atoms with Crippen LogP contribution in [0.2, 0.25) is 5.02 Å². The third-order valence-electron chi connectivity index (χ3n) is 6.13. The van der Waals surface area contributed by atoms with Crippen LogP contribution in [-0.2, 0) is 6.54 Å². The Bertz CT molecular complexity index is 872. The van der Waals surface area contributed by atoms with Gasteiger partial charge in [-0.25, -0.2) is 4.39 Å². The number of β-amino-alcohol motifs (C(OH)–C–C–N with tert-alkyl or cyclic N) is 1. The lowest BCUT2D eigenvalue weighted by Crippen LogP contribution is -2.55. The Hall–Kier alpha value is -2.02. The van der Waals surface area contributed by atoms with Gasteiger partial charge in [0.2, 0.25) is 0 Å². The number of carbonyl (C=O) groups is 1. The summed E-state index contributed by atoms with van der Waals surface area (Å²) >= 11 is 5.77. The van der Waals surface area contributed by atoms with Gasteiger partial charge in [0.05, 0.1) is 16.7 Å². The zero-order chi connectivity index (χ0) is 20.4. The molecule has 1 spiro atoms. The second-order valence-corrected chi connectivity index (χ2v) is 8.72. The van der Waals surface area contributed by atoms with E-state index in [9.17, 15) is 14.3 Å². The van der Waals surface area contributed by atoms with Crippen molar-refractivity contribution in [2.45, 2.75) is 31.9 Å². The van der Waals surface area contributed by atoms with Crippen LogP contribution in [0.25, 0.3) is 0 Å². The van der Waals surface area contributed by atoms with Crippen LogP contribution >= 0.6 is 11.6 Å². The summed E-state index contributed by atoms with van der Waals surface area (Å²) in [4.78, 5) is 21.0. The summed E-state index contributed by atoms with van der Waals surface area (Å²) in [5.74, 6) is -0.465. The number of amides is 1. The summed E-state index contributed by atoms with van der Waals surface area (Å²) in [5.41, 5.74) is 1.39. The summed E-state index contributed by atoms with van der Waals surface area (Å²) in [6, 6.07) is 8.45. The Morgan fingerprint density at radius 2 is 2.10 bits per heavy atom. The molecular formula is C22H25ClFN3O2. The molecule has 5 nitrogen and oxygen atoms in total. The standard InChI is InChI=1S/C22H25ClFN3O2/c23-19-4-3-16(10-20(19)24)13-26-8-5-22(6-9-26)11-18(28)14-27(15-22)21(29)17-2-1-7-25-12-17/h1-4,7,10,12,18,28H,5-6,8-9,11,13-15H2. The van der Waals surface area contributed by atoms with Crippen LogP contribution in [0, 0.1) is 11.2 Å². The zero-order valence-electron chi connectivity index (χ0n) is 16.2. The Morgan fingerprint density at radius 1 is 1.31 bits per heavy atom. The fourth-order valence-corrected chi connectivity index (χ4v) is 4.74. The van der Waals surface area contributed by atoms with E-state index < -0.39 is 11.9 Å². The maximum atomic E-state index is 13.7. The van der Waals surface area contributed by atoms with Crippen LogP contribution in [0.1, 0.15) is 35.2 Å². The molecule has 154 valence electrons. The van der Waals surface area contributed by atoms with Crippen LogP contribution < -0.4 is 0 Å². The molecule has 2 saturated heterocycles. The van der Waals surface area contributed by atoms with Crippen LogP contribution in [0.15, 0.2) is 42.7 Å². The lowest BCUT2D eigenvalue weighted by atomic mass is 9.71. The van der Waals surface area contributed by atoms with Gasteiger partial charge < -0.3 is 10.0 Å². The first kappa shape index (κ1) is 20.3. The predicted octanol–water partition coefficient (Wildman–Crippen LogP) is 3.36. The van der Waals surface area contributed by atoms with E-state index in [1.165, 1.54) is 6.07 Å². The van der Waals surface area contributed by atoms with Crippen molar-refractivity contribution < 1.29 is 14.3 Å². The lowest BCUT2D eigenvalue weighted by molar-refractivity contribution is -0.0337. The van der Waals surface area contributed by atoms with Gasteiger partial charge in [-0.05, 0) is 67.6 Å². The van der Waals surface area contributed by atoms with Gasteiger partial charge >= 0.3 is 0 Å². The molecule has 2 aromatic rings. The first-order valence-corrected chi connectivity index (χ1v) is 10.4. The third kappa shape index (κ3) is 4.60. The molecule has 29 heavy (non-hydrogen) atoms. The number of halogens is 2. The smallest absolute Gasteiger partial charge is 0.255 e. The number of hydrogen-bond donors (Lipinski definition) is 1. The molecule has 0 bridgehead atoms. The maximum absolute atomic E-state index is 13.7. The average molecular weight is 418 g/mol. The predicted molar refractivity (Wildman–Crippen MR) is 109 cm³/mol. The van der Waals surface area contributed by atoms with Crippen molar-refractivity contribution in [1.82, 2.24) is 14.8 Å². The van der Waals surface area contributed by atoms with Crippen molar-refractivity contribution >= 4 is 17.5 Å². The minimum Gasteiger partial charge on any atom is -0.391 e. The molecule has 2 aliphatic rings. The first-order chi connectivity index (χ1) is 13.9. The second kappa shape index (κ2) is 8.38. The molecule has 1 atom stereocenters. The molecule has 3 heterocycles. The summed E-state index contributed by atoms with van der Waals surface area (Å²) in [6.07, 6.45) is 5.22. The number of piperidine rings is 2. The van der Waals surface area contributed by atoms with Gasteiger partial charge in [0, 0.05) is 32.0 Å². The van der Waals surface area contributed by atoms with Crippen LogP contribution in [0.3, 0.4) is 0 Å². The van der Waals surface area contributed by atoms with E-state index in [1.807, 2.05) is 6.07 Å². The summed E-state index contributed by atoms with van der Waals surface area (Å²) < 4.78 is 13.7. The molecule has 1 aromatic carbocycles. The van der Waals surface area contributed by atoms with Crippen molar-refractivity contribution in [2.24, 2.45) is 5.41 Å². The van der Waals surface area contributed by atoms with Gasteiger partial charge in [0.25, 0.3) is 5.91 Å². The highest BCUT2D eigenvalue weighted by Crippen LogP contribution is 2.40. The number of benzene rings is 1. The van der Waals surface area contributed by atoms with E-state index in [0.29, 0.717) is 31.6 Å². The lowest BCUT2D eigenvalue weighted by Gasteiger charge is -2.49. The molecule has 0 saturated carbocycles. The molecule has 1 amide bonds. The van der Waals surface area contributed by atoms with E-state index in [4.69, 9.17) is 11.6 Å². The summed E-state index contributed by atoms with van der Waals surface area (Å²) in [5, 5.41) is 10.6. The van der Waals surface area contributed by atoms with Gasteiger partial charge in [-0.15, -0.1) is 0 Å². The van der Waals surface area contributed by atoms with E-state index in [2.05, 4.69) is 9.88 Å². The molecule has 0 aliphatic carbocycles. The minimum atomic E-state index is -0.513. The number of hydrogen-bond acceptors (Lipinski definition) is 4. The van der Waals surface area contributed by atoms with E-state index in [-0.39, 0.29) is 16.3 Å². The van der Waals surface area contributed by atoms with Crippen LogP contribution in [0.5, 0.6) is 0 Å². The fourth-order valence-electron chi connectivity index (χ4n) is 4.62. The third-order valence-corrected chi connectivity index (χ3v) is 6.44. The Labute approximate surface area is 175 Å². The number of rotatable bonds is 3. The van der Waals surface area contributed by atoms with E-state index in [0.717, 1.165) is 31.5 Å². The Kier molecular flexibility index (Phi) is 5.86. The van der Waals surface area contributed by atoms with Crippen molar-refractivity contribution in [3.8, 4) is 0 Å². The monoisotopic (exact) mass is 417 g/mol. The van der Waals surface area contributed by atoms with Gasteiger partial charge in [-0.1, -0.05) is 17.7 Å². The van der Waals surface area contributed by atoms with Crippen molar-refractivity contribution in [2.75, 3.05) is 26.2 Å².